The van der Waals surface area contributed by atoms with Crippen molar-refractivity contribution in [3.63, 3.8) is 0 Å². The number of nitrogens with zero attached hydrogens (tertiary/aromatic N) is 3. The number of likely N-dealkylation sites (N-methyl/N-ethyl adjacent to an activating group) is 1. The fourth-order valence-corrected chi connectivity index (χ4v) is 2.65. The molecule has 0 aromatic carbocycles. The van der Waals surface area contributed by atoms with Crippen molar-refractivity contribution in [1.29, 1.82) is 0 Å². The standard InChI is InChI=1S/C14H18N4O2S/c1-2-18(9-5-11-3-6-15-7-4-11)13(20)12(19)17-14-16-8-10-21-14/h3-4,6-7H,2,5,8-10H2,1H3,(H,16,17,19). The van der Waals surface area contributed by atoms with Crippen molar-refractivity contribution < 1.29 is 9.59 Å². The number of nitrogens with one attached hydrogen (secondary N) is 1. The number of carbonyl (C=O) groups is 2. The average Bonchev–Trinajstić information content (AvgIpc) is 3.01. The molecule has 2 rings (SSSR count). The van der Waals surface area contributed by atoms with Crippen LogP contribution in [0.4, 0.5) is 0 Å². The fraction of sp³-hybridized carbons (Fsp3) is 0.429. The normalized spacial score (nSPS) is 13.7. The Kier molecular flexibility index (Phi) is 5.74. The number of hydrogen-bond donors (Lipinski definition) is 1. The van der Waals surface area contributed by atoms with E-state index in [9.17, 15) is 9.59 Å². The van der Waals surface area contributed by atoms with Crippen LogP contribution in [0, 0.1) is 0 Å². The van der Waals surface area contributed by atoms with Crippen LogP contribution in [-0.4, -0.2) is 52.3 Å². The number of carbonyl (C=O) groups excluding carboxylic acids is 2. The summed E-state index contributed by atoms with van der Waals surface area (Å²) in [6.07, 6.45) is 4.14. The minimum atomic E-state index is -0.611. The second-order valence-corrected chi connectivity index (χ2v) is 5.56. The van der Waals surface area contributed by atoms with Gasteiger partial charge >= 0.3 is 11.8 Å². The number of amides is 2. The van der Waals surface area contributed by atoms with Crippen molar-refractivity contribution >= 4 is 28.7 Å². The van der Waals surface area contributed by atoms with Gasteiger partial charge in [0.1, 0.15) is 0 Å². The first-order valence-corrected chi connectivity index (χ1v) is 7.85. The van der Waals surface area contributed by atoms with Crippen LogP contribution < -0.4 is 5.32 Å². The molecule has 2 amide bonds. The Labute approximate surface area is 128 Å². The highest BCUT2D eigenvalue weighted by molar-refractivity contribution is 8.14. The van der Waals surface area contributed by atoms with E-state index in [1.165, 1.54) is 16.7 Å². The molecule has 1 N–H and O–H groups in total. The van der Waals surface area contributed by atoms with Gasteiger partial charge in [0.15, 0.2) is 5.17 Å². The lowest BCUT2D eigenvalue weighted by atomic mass is 10.2. The Bertz CT molecular complexity index is 533. The Morgan fingerprint density at radius 1 is 1.38 bits per heavy atom. The van der Waals surface area contributed by atoms with Crippen LogP contribution >= 0.6 is 11.8 Å². The van der Waals surface area contributed by atoms with Gasteiger partial charge in [0.2, 0.25) is 0 Å². The third kappa shape index (κ3) is 4.56. The lowest BCUT2D eigenvalue weighted by Crippen LogP contribution is -2.44. The van der Waals surface area contributed by atoms with Gasteiger partial charge in [-0.1, -0.05) is 11.8 Å². The molecule has 0 unspecified atom stereocenters. The SMILES string of the molecule is CCN(CCc1ccncc1)C(=O)C(=O)NC1=NCCS1. The van der Waals surface area contributed by atoms with Crippen molar-refractivity contribution in [2.45, 2.75) is 13.3 Å². The quantitative estimate of drug-likeness (QED) is 0.831. The Hall–Kier alpha value is -1.89. The molecule has 7 heteroatoms. The van der Waals surface area contributed by atoms with E-state index in [1.54, 1.807) is 12.4 Å². The minimum absolute atomic E-state index is 0.497. The summed E-state index contributed by atoms with van der Waals surface area (Å²) in [5.74, 6) is -0.273. The predicted molar refractivity (Wildman–Crippen MR) is 83.1 cm³/mol. The van der Waals surface area contributed by atoms with E-state index in [4.69, 9.17) is 0 Å². The van der Waals surface area contributed by atoms with E-state index < -0.39 is 11.8 Å². The van der Waals surface area contributed by atoms with Crippen molar-refractivity contribution in [3.8, 4) is 0 Å². The van der Waals surface area contributed by atoms with Gasteiger partial charge in [0, 0.05) is 31.2 Å². The highest BCUT2D eigenvalue weighted by Gasteiger charge is 2.22. The smallest absolute Gasteiger partial charge is 0.315 e. The van der Waals surface area contributed by atoms with Crippen LogP contribution in [0.25, 0.3) is 0 Å². The summed E-state index contributed by atoms with van der Waals surface area (Å²) >= 11 is 1.46. The fourth-order valence-electron chi connectivity index (χ4n) is 1.92. The van der Waals surface area contributed by atoms with E-state index in [0.717, 1.165) is 11.3 Å². The second kappa shape index (κ2) is 7.78. The molecule has 0 spiro atoms. The molecular formula is C14H18N4O2S. The van der Waals surface area contributed by atoms with E-state index in [0.29, 0.717) is 31.2 Å². The third-order valence-electron chi connectivity index (χ3n) is 3.09. The number of aliphatic imine (C=N–C) groups is 1. The number of rotatable bonds is 4. The minimum Gasteiger partial charge on any atom is -0.334 e. The van der Waals surface area contributed by atoms with Crippen LogP contribution in [-0.2, 0) is 16.0 Å². The van der Waals surface area contributed by atoms with Gasteiger partial charge in [-0.05, 0) is 31.0 Å². The van der Waals surface area contributed by atoms with E-state index in [-0.39, 0.29) is 0 Å². The van der Waals surface area contributed by atoms with Gasteiger partial charge in [0.25, 0.3) is 0 Å². The maximum Gasteiger partial charge on any atom is 0.315 e. The summed E-state index contributed by atoms with van der Waals surface area (Å²) in [5, 5.41) is 3.10. The average molecular weight is 306 g/mol. The summed E-state index contributed by atoms with van der Waals surface area (Å²) in [7, 11) is 0. The number of aromatic nitrogens is 1. The summed E-state index contributed by atoms with van der Waals surface area (Å²) < 4.78 is 0. The van der Waals surface area contributed by atoms with Crippen LogP contribution in [0.2, 0.25) is 0 Å². The molecular weight excluding hydrogens is 288 g/mol. The van der Waals surface area contributed by atoms with Crippen LogP contribution in [0.1, 0.15) is 12.5 Å². The number of amidine groups is 1. The molecule has 0 fully saturated rings. The maximum atomic E-state index is 12.1. The van der Waals surface area contributed by atoms with Gasteiger partial charge in [0.05, 0.1) is 6.54 Å². The molecule has 1 aromatic heterocycles. The highest BCUT2D eigenvalue weighted by atomic mass is 32.2. The second-order valence-electron chi connectivity index (χ2n) is 4.48. The van der Waals surface area contributed by atoms with E-state index >= 15 is 0 Å². The van der Waals surface area contributed by atoms with E-state index in [2.05, 4.69) is 15.3 Å². The molecule has 0 atom stereocenters. The number of hydrogen-bond acceptors (Lipinski definition) is 5. The summed E-state index contributed by atoms with van der Waals surface area (Å²) in [6, 6.07) is 3.81. The zero-order chi connectivity index (χ0) is 15.1. The van der Waals surface area contributed by atoms with Crippen molar-refractivity contribution in [3.05, 3.63) is 30.1 Å². The zero-order valence-electron chi connectivity index (χ0n) is 11.9. The van der Waals surface area contributed by atoms with Crippen molar-refractivity contribution in [1.82, 2.24) is 15.2 Å². The third-order valence-corrected chi connectivity index (χ3v) is 3.98. The molecule has 112 valence electrons. The lowest BCUT2D eigenvalue weighted by molar-refractivity contribution is -0.144. The number of pyridine rings is 1. The van der Waals surface area contributed by atoms with Gasteiger partial charge in [-0.25, -0.2) is 0 Å². The summed E-state index contributed by atoms with van der Waals surface area (Å²) in [5.41, 5.74) is 1.09. The van der Waals surface area contributed by atoms with Crippen LogP contribution in [0.5, 0.6) is 0 Å². The van der Waals surface area contributed by atoms with Gasteiger partial charge < -0.3 is 4.90 Å². The van der Waals surface area contributed by atoms with Crippen LogP contribution in [0.15, 0.2) is 29.5 Å². The van der Waals surface area contributed by atoms with Gasteiger partial charge in [-0.2, -0.15) is 0 Å². The number of thioether (sulfide) groups is 1. The Morgan fingerprint density at radius 3 is 2.76 bits per heavy atom. The summed E-state index contributed by atoms with van der Waals surface area (Å²) in [4.78, 5) is 33.6. The first-order valence-electron chi connectivity index (χ1n) is 6.87. The lowest BCUT2D eigenvalue weighted by Gasteiger charge is -2.20. The van der Waals surface area contributed by atoms with Crippen LogP contribution in [0.3, 0.4) is 0 Å². The molecule has 0 saturated carbocycles. The largest absolute Gasteiger partial charge is 0.334 e. The molecule has 0 radical (unpaired) electrons. The van der Waals surface area contributed by atoms with Gasteiger partial charge in [-0.3, -0.25) is 24.9 Å². The topological polar surface area (TPSA) is 74.7 Å². The molecule has 2 heterocycles. The molecule has 1 aliphatic rings. The Morgan fingerprint density at radius 2 is 2.14 bits per heavy atom. The molecule has 0 saturated heterocycles. The molecule has 6 nitrogen and oxygen atoms in total. The molecule has 0 bridgehead atoms. The first kappa shape index (κ1) is 15.5. The van der Waals surface area contributed by atoms with Gasteiger partial charge in [-0.15, -0.1) is 0 Å². The maximum absolute atomic E-state index is 12.1. The molecule has 0 aliphatic carbocycles. The molecule has 1 aromatic rings. The Balaban J connectivity index is 1.87. The first-order chi connectivity index (χ1) is 10.2. The van der Waals surface area contributed by atoms with Crippen molar-refractivity contribution in [2.75, 3.05) is 25.4 Å². The molecule has 21 heavy (non-hydrogen) atoms. The molecule has 1 aliphatic heterocycles. The monoisotopic (exact) mass is 306 g/mol. The highest BCUT2D eigenvalue weighted by Crippen LogP contribution is 2.09. The summed E-state index contributed by atoms with van der Waals surface area (Å²) in [6.45, 7) is 3.55. The zero-order valence-corrected chi connectivity index (χ0v) is 12.7. The predicted octanol–water partition coefficient (Wildman–Crippen LogP) is 0.692. The van der Waals surface area contributed by atoms with Crippen molar-refractivity contribution in [2.24, 2.45) is 4.99 Å². The van der Waals surface area contributed by atoms with E-state index in [1.807, 2.05) is 19.1 Å².